The van der Waals surface area contributed by atoms with Gasteiger partial charge in [-0.15, -0.1) is 0 Å². The van der Waals surface area contributed by atoms with Crippen molar-refractivity contribution in [1.29, 1.82) is 0 Å². The van der Waals surface area contributed by atoms with Gasteiger partial charge in [0, 0.05) is 24.9 Å². The van der Waals surface area contributed by atoms with Crippen LogP contribution < -0.4 is 5.32 Å². The third kappa shape index (κ3) is 6.48. The van der Waals surface area contributed by atoms with Gasteiger partial charge >= 0.3 is 6.16 Å². The minimum atomic E-state index is -0.636. The third-order valence-electron chi connectivity index (χ3n) is 6.38. The molecule has 1 saturated heterocycles. The van der Waals surface area contributed by atoms with Gasteiger partial charge in [-0.1, -0.05) is 103 Å². The maximum absolute atomic E-state index is 11.9. The lowest BCUT2D eigenvalue weighted by atomic mass is 9.80. The van der Waals surface area contributed by atoms with Crippen molar-refractivity contribution in [2.24, 2.45) is 0 Å². The molecule has 0 spiro atoms. The first kappa shape index (κ1) is 25.0. The van der Waals surface area contributed by atoms with E-state index in [0.717, 1.165) is 6.42 Å². The average molecular weight is 450 g/mol. The zero-order valence-electron chi connectivity index (χ0n) is 21.0. The number of hydrogen-bond donors (Lipinski definition) is 1. The molecule has 1 aliphatic heterocycles. The summed E-state index contributed by atoms with van der Waals surface area (Å²) < 4.78 is 10.5. The Kier molecular flexibility index (Phi) is 7.69. The molecule has 4 nitrogen and oxygen atoms in total. The lowest BCUT2D eigenvalue weighted by Gasteiger charge is -2.27. The molecule has 0 unspecified atom stereocenters. The Bertz CT molecular complexity index is 875. The van der Waals surface area contributed by atoms with Gasteiger partial charge in [-0.25, -0.2) is 4.79 Å². The highest BCUT2D eigenvalue weighted by atomic mass is 16.7. The molecule has 0 radical (unpaired) electrons. The zero-order valence-corrected chi connectivity index (χ0v) is 21.0. The standard InChI is InChI=1S/C29H39NO3/c1-8-17-32-27(31)33-24-18-25(30-19-24)26(20-9-13-22(14-10-20)28(2,3)4)21-11-15-23(16-12-21)29(5,6)7/h8-16,24-26,30H,1,17-19H2,2-7H3/t24-,25-/m1/s1. The van der Waals surface area contributed by atoms with E-state index < -0.39 is 6.16 Å². The largest absolute Gasteiger partial charge is 0.508 e. The van der Waals surface area contributed by atoms with E-state index in [4.69, 9.17) is 9.47 Å². The Balaban J connectivity index is 1.86. The van der Waals surface area contributed by atoms with Crippen molar-refractivity contribution >= 4 is 6.16 Å². The van der Waals surface area contributed by atoms with Crippen LogP contribution in [0.5, 0.6) is 0 Å². The maximum atomic E-state index is 11.9. The smallest absolute Gasteiger partial charge is 0.430 e. The summed E-state index contributed by atoms with van der Waals surface area (Å²) in [5.74, 6) is 0.158. The van der Waals surface area contributed by atoms with Crippen LogP contribution in [0.1, 0.15) is 76.1 Å². The molecule has 2 aromatic carbocycles. The highest BCUT2D eigenvalue weighted by molar-refractivity contribution is 5.60. The van der Waals surface area contributed by atoms with Crippen molar-refractivity contribution in [2.45, 2.75) is 76.9 Å². The summed E-state index contributed by atoms with van der Waals surface area (Å²) in [6.45, 7) is 17.7. The fourth-order valence-electron chi connectivity index (χ4n) is 4.41. The van der Waals surface area contributed by atoms with Crippen LogP contribution >= 0.6 is 0 Å². The minimum absolute atomic E-state index is 0.110. The second kappa shape index (κ2) is 10.1. The van der Waals surface area contributed by atoms with Crippen LogP contribution in [0.15, 0.2) is 61.2 Å². The van der Waals surface area contributed by atoms with E-state index in [2.05, 4.69) is 102 Å². The molecule has 4 heteroatoms. The first-order valence-electron chi connectivity index (χ1n) is 11.9. The number of rotatable bonds is 6. The summed E-state index contributed by atoms with van der Waals surface area (Å²) in [4.78, 5) is 11.9. The molecule has 3 rings (SSSR count). The summed E-state index contributed by atoms with van der Waals surface area (Å²) in [6.07, 6.45) is 1.42. The van der Waals surface area contributed by atoms with Crippen molar-refractivity contribution in [3.8, 4) is 0 Å². The lowest BCUT2D eigenvalue weighted by molar-refractivity contribution is 0.0352. The van der Waals surface area contributed by atoms with Gasteiger partial charge in [0.1, 0.15) is 12.7 Å². The first-order chi connectivity index (χ1) is 15.5. The molecule has 178 valence electrons. The minimum Gasteiger partial charge on any atom is -0.430 e. The van der Waals surface area contributed by atoms with Crippen LogP contribution in [-0.4, -0.2) is 31.5 Å². The summed E-state index contributed by atoms with van der Waals surface area (Å²) in [5, 5.41) is 3.60. The number of carbonyl (C=O) groups excluding carboxylic acids is 1. The monoisotopic (exact) mass is 449 g/mol. The second-order valence-electron chi connectivity index (χ2n) is 11.1. The predicted molar refractivity (Wildman–Crippen MR) is 135 cm³/mol. The summed E-state index contributed by atoms with van der Waals surface area (Å²) in [7, 11) is 0. The third-order valence-corrected chi connectivity index (χ3v) is 6.38. The van der Waals surface area contributed by atoms with E-state index in [9.17, 15) is 4.79 Å². The van der Waals surface area contributed by atoms with Gasteiger partial charge in [0.05, 0.1) is 0 Å². The first-order valence-corrected chi connectivity index (χ1v) is 11.9. The molecular formula is C29H39NO3. The number of ether oxygens (including phenoxy) is 2. The molecule has 1 N–H and O–H groups in total. The molecule has 2 aromatic rings. The predicted octanol–water partition coefficient (Wildman–Crippen LogP) is 6.48. The van der Waals surface area contributed by atoms with E-state index in [0.29, 0.717) is 6.54 Å². The highest BCUT2D eigenvalue weighted by Crippen LogP contribution is 2.35. The molecule has 2 atom stereocenters. The van der Waals surface area contributed by atoms with Gasteiger partial charge in [0.2, 0.25) is 0 Å². The van der Waals surface area contributed by atoms with Crippen LogP contribution in [0.2, 0.25) is 0 Å². The van der Waals surface area contributed by atoms with E-state index >= 15 is 0 Å². The fraction of sp³-hybridized carbons (Fsp3) is 0.483. The van der Waals surface area contributed by atoms with Crippen LogP contribution in [0.3, 0.4) is 0 Å². The summed E-state index contributed by atoms with van der Waals surface area (Å²) >= 11 is 0. The van der Waals surface area contributed by atoms with Gasteiger partial charge in [0.15, 0.2) is 0 Å². The normalized spacial score (nSPS) is 18.9. The van der Waals surface area contributed by atoms with Crippen molar-refractivity contribution in [2.75, 3.05) is 13.2 Å². The fourth-order valence-corrected chi connectivity index (χ4v) is 4.41. The van der Waals surface area contributed by atoms with Crippen LogP contribution in [0.4, 0.5) is 4.79 Å². The van der Waals surface area contributed by atoms with Crippen LogP contribution in [-0.2, 0) is 20.3 Å². The van der Waals surface area contributed by atoms with E-state index in [-0.39, 0.29) is 35.5 Å². The Morgan fingerprint density at radius 3 is 1.88 bits per heavy atom. The number of carbonyl (C=O) groups is 1. The Morgan fingerprint density at radius 1 is 0.970 bits per heavy atom. The SMILES string of the molecule is C=CCOC(=O)O[C@H]1CN[C@@H](C(c2ccc(C(C)(C)C)cc2)c2ccc(C(C)(C)C)cc2)C1. The highest BCUT2D eigenvalue weighted by Gasteiger charge is 2.35. The molecular weight excluding hydrogens is 410 g/mol. The number of benzene rings is 2. The summed E-state index contributed by atoms with van der Waals surface area (Å²) in [5.41, 5.74) is 5.38. The van der Waals surface area contributed by atoms with Crippen molar-refractivity contribution < 1.29 is 14.3 Å². The van der Waals surface area contributed by atoms with E-state index in [1.165, 1.54) is 28.3 Å². The average Bonchev–Trinajstić information content (AvgIpc) is 3.19. The summed E-state index contributed by atoms with van der Waals surface area (Å²) in [6, 6.07) is 18.1. The number of nitrogens with one attached hydrogen (secondary N) is 1. The second-order valence-corrected chi connectivity index (χ2v) is 11.1. The molecule has 1 heterocycles. The molecule has 1 fully saturated rings. The van der Waals surface area contributed by atoms with Gasteiger partial charge in [-0.3, -0.25) is 0 Å². The van der Waals surface area contributed by atoms with Crippen molar-refractivity contribution in [1.82, 2.24) is 5.32 Å². The Labute approximate surface area is 199 Å². The van der Waals surface area contributed by atoms with E-state index in [1.807, 2.05) is 0 Å². The van der Waals surface area contributed by atoms with Crippen molar-refractivity contribution in [3.63, 3.8) is 0 Å². The zero-order chi connectivity index (χ0) is 24.2. The molecule has 0 amide bonds. The van der Waals surface area contributed by atoms with Gasteiger partial charge < -0.3 is 14.8 Å². The van der Waals surface area contributed by atoms with Gasteiger partial charge in [0.25, 0.3) is 0 Å². The lowest BCUT2D eigenvalue weighted by Crippen LogP contribution is -2.30. The Hall–Kier alpha value is -2.59. The topological polar surface area (TPSA) is 47.6 Å². The van der Waals surface area contributed by atoms with Gasteiger partial charge in [-0.2, -0.15) is 0 Å². The number of hydrogen-bond acceptors (Lipinski definition) is 4. The molecule has 0 saturated carbocycles. The van der Waals surface area contributed by atoms with Crippen LogP contribution in [0, 0.1) is 0 Å². The molecule has 33 heavy (non-hydrogen) atoms. The quantitative estimate of drug-likeness (QED) is 0.405. The molecule has 1 aliphatic rings. The van der Waals surface area contributed by atoms with Crippen LogP contribution in [0.25, 0.3) is 0 Å². The van der Waals surface area contributed by atoms with Crippen molar-refractivity contribution in [3.05, 3.63) is 83.4 Å². The maximum Gasteiger partial charge on any atom is 0.508 e. The molecule has 0 aliphatic carbocycles. The Morgan fingerprint density at radius 2 is 1.45 bits per heavy atom. The molecule has 0 bridgehead atoms. The van der Waals surface area contributed by atoms with E-state index in [1.54, 1.807) is 0 Å². The molecule has 0 aromatic heterocycles. The van der Waals surface area contributed by atoms with Gasteiger partial charge in [-0.05, 0) is 33.1 Å².